The Morgan fingerprint density at radius 2 is 1.90 bits per heavy atom. The van der Waals surface area contributed by atoms with Crippen LogP contribution in [0, 0.1) is 0 Å². The quantitative estimate of drug-likeness (QED) is 0.789. The van der Waals surface area contributed by atoms with Gasteiger partial charge >= 0.3 is 0 Å². The SMILES string of the molecule is COc1ccccc1C(C)NC(=O)c1cc(Br)ccc1Br. The highest BCUT2D eigenvalue weighted by Crippen LogP contribution is 2.26. The van der Waals surface area contributed by atoms with Gasteiger partial charge in [-0.2, -0.15) is 0 Å². The van der Waals surface area contributed by atoms with Crippen LogP contribution >= 0.6 is 31.9 Å². The van der Waals surface area contributed by atoms with Crippen LogP contribution in [0.2, 0.25) is 0 Å². The van der Waals surface area contributed by atoms with Crippen LogP contribution in [0.1, 0.15) is 28.9 Å². The molecule has 1 N–H and O–H groups in total. The second-order valence-electron chi connectivity index (χ2n) is 4.56. The second kappa shape index (κ2) is 7.09. The van der Waals surface area contributed by atoms with Crippen molar-refractivity contribution in [3.05, 3.63) is 62.5 Å². The summed E-state index contributed by atoms with van der Waals surface area (Å²) in [6, 6.07) is 13.0. The standard InChI is InChI=1S/C16H15Br2NO2/c1-10(12-5-3-4-6-15(12)21-2)19-16(20)13-9-11(17)7-8-14(13)18/h3-10H,1-2H3,(H,19,20). The van der Waals surface area contributed by atoms with E-state index >= 15 is 0 Å². The van der Waals surface area contributed by atoms with Crippen LogP contribution in [0.3, 0.4) is 0 Å². The van der Waals surface area contributed by atoms with Gasteiger partial charge in [0.05, 0.1) is 18.7 Å². The van der Waals surface area contributed by atoms with Crippen LogP contribution < -0.4 is 10.1 Å². The maximum absolute atomic E-state index is 12.4. The number of carbonyl (C=O) groups excluding carboxylic acids is 1. The molecule has 5 heteroatoms. The van der Waals surface area contributed by atoms with Crippen molar-refractivity contribution in [1.82, 2.24) is 5.32 Å². The first-order valence-corrected chi connectivity index (χ1v) is 8.00. The molecule has 0 saturated heterocycles. The zero-order chi connectivity index (χ0) is 15.4. The zero-order valence-corrected chi connectivity index (χ0v) is 14.9. The highest BCUT2D eigenvalue weighted by atomic mass is 79.9. The monoisotopic (exact) mass is 411 g/mol. The van der Waals surface area contributed by atoms with Crippen molar-refractivity contribution in [2.45, 2.75) is 13.0 Å². The van der Waals surface area contributed by atoms with Gasteiger partial charge in [0, 0.05) is 14.5 Å². The lowest BCUT2D eigenvalue weighted by Gasteiger charge is -2.17. The molecule has 0 radical (unpaired) electrons. The Morgan fingerprint density at radius 3 is 2.62 bits per heavy atom. The number of halogens is 2. The van der Waals surface area contributed by atoms with Gasteiger partial charge in [0.25, 0.3) is 5.91 Å². The summed E-state index contributed by atoms with van der Waals surface area (Å²) in [5.41, 5.74) is 1.53. The van der Waals surface area contributed by atoms with E-state index < -0.39 is 0 Å². The Kier molecular flexibility index (Phi) is 5.42. The smallest absolute Gasteiger partial charge is 0.252 e. The number of amides is 1. The van der Waals surface area contributed by atoms with Crippen LogP contribution in [0.15, 0.2) is 51.4 Å². The maximum Gasteiger partial charge on any atom is 0.252 e. The number of hydrogen-bond acceptors (Lipinski definition) is 2. The average molecular weight is 413 g/mol. The van der Waals surface area contributed by atoms with Crippen molar-refractivity contribution < 1.29 is 9.53 Å². The lowest BCUT2D eigenvalue weighted by Crippen LogP contribution is -2.27. The summed E-state index contributed by atoms with van der Waals surface area (Å²) < 4.78 is 6.95. The van der Waals surface area contributed by atoms with E-state index in [9.17, 15) is 4.79 Å². The number of hydrogen-bond donors (Lipinski definition) is 1. The van der Waals surface area contributed by atoms with Gasteiger partial charge in [0.15, 0.2) is 0 Å². The summed E-state index contributed by atoms with van der Waals surface area (Å²) in [4.78, 5) is 12.4. The van der Waals surface area contributed by atoms with Gasteiger partial charge < -0.3 is 10.1 Å². The van der Waals surface area contributed by atoms with Crippen LogP contribution in [0.5, 0.6) is 5.75 Å². The molecule has 0 saturated carbocycles. The van der Waals surface area contributed by atoms with Crippen LogP contribution in [0.4, 0.5) is 0 Å². The van der Waals surface area contributed by atoms with E-state index in [0.717, 1.165) is 20.3 Å². The molecule has 0 aliphatic carbocycles. The largest absolute Gasteiger partial charge is 0.496 e. The lowest BCUT2D eigenvalue weighted by molar-refractivity contribution is 0.0938. The minimum Gasteiger partial charge on any atom is -0.496 e. The molecule has 1 unspecified atom stereocenters. The Labute approximate surface area is 141 Å². The molecule has 0 bridgehead atoms. The summed E-state index contributed by atoms with van der Waals surface area (Å²) in [6.07, 6.45) is 0. The first-order valence-electron chi connectivity index (χ1n) is 6.41. The fourth-order valence-electron chi connectivity index (χ4n) is 2.05. The van der Waals surface area contributed by atoms with Crippen LogP contribution in [-0.4, -0.2) is 13.0 Å². The van der Waals surface area contributed by atoms with Crippen molar-refractivity contribution in [3.63, 3.8) is 0 Å². The number of para-hydroxylation sites is 1. The molecule has 1 amide bonds. The predicted molar refractivity (Wildman–Crippen MR) is 90.7 cm³/mol. The normalized spacial score (nSPS) is 11.8. The molecule has 0 spiro atoms. The number of benzene rings is 2. The third-order valence-corrected chi connectivity index (χ3v) is 4.31. The van der Waals surface area contributed by atoms with E-state index in [1.807, 2.05) is 43.3 Å². The summed E-state index contributed by atoms with van der Waals surface area (Å²) >= 11 is 6.78. The van der Waals surface area contributed by atoms with Gasteiger partial charge in [-0.05, 0) is 47.1 Å². The third kappa shape index (κ3) is 3.86. The summed E-state index contributed by atoms with van der Waals surface area (Å²) in [7, 11) is 1.62. The number of methoxy groups -OCH3 is 1. The maximum atomic E-state index is 12.4. The summed E-state index contributed by atoms with van der Waals surface area (Å²) in [5, 5.41) is 2.99. The van der Waals surface area contributed by atoms with Crippen molar-refractivity contribution >= 4 is 37.8 Å². The van der Waals surface area contributed by atoms with Crippen LogP contribution in [-0.2, 0) is 0 Å². The molecule has 2 aromatic rings. The Balaban J connectivity index is 2.21. The van der Waals surface area contributed by atoms with Gasteiger partial charge in [-0.1, -0.05) is 34.1 Å². The third-order valence-electron chi connectivity index (χ3n) is 3.13. The molecular weight excluding hydrogens is 398 g/mol. The first-order chi connectivity index (χ1) is 10.0. The number of rotatable bonds is 4. The molecular formula is C16H15Br2NO2. The van der Waals surface area contributed by atoms with E-state index in [4.69, 9.17) is 4.74 Å². The molecule has 0 aliphatic heterocycles. The number of ether oxygens (including phenoxy) is 1. The molecule has 0 fully saturated rings. The summed E-state index contributed by atoms with van der Waals surface area (Å²) in [6.45, 7) is 1.93. The minimum atomic E-state index is -0.153. The van der Waals surface area contributed by atoms with Gasteiger partial charge in [-0.15, -0.1) is 0 Å². The fraction of sp³-hybridized carbons (Fsp3) is 0.188. The number of carbonyl (C=O) groups is 1. The van der Waals surface area contributed by atoms with Gasteiger partial charge in [0.2, 0.25) is 0 Å². The molecule has 0 heterocycles. The molecule has 2 rings (SSSR count). The predicted octanol–water partition coefficient (Wildman–Crippen LogP) is 4.71. The zero-order valence-electron chi connectivity index (χ0n) is 11.7. The van der Waals surface area contributed by atoms with E-state index in [0.29, 0.717) is 5.56 Å². The number of nitrogens with one attached hydrogen (secondary N) is 1. The van der Waals surface area contributed by atoms with Crippen molar-refractivity contribution in [2.24, 2.45) is 0 Å². The highest BCUT2D eigenvalue weighted by molar-refractivity contribution is 9.11. The molecule has 110 valence electrons. The average Bonchev–Trinajstić information content (AvgIpc) is 2.49. The van der Waals surface area contributed by atoms with Crippen LogP contribution in [0.25, 0.3) is 0 Å². The Morgan fingerprint density at radius 1 is 1.19 bits per heavy atom. The first kappa shape index (κ1) is 16.0. The molecule has 21 heavy (non-hydrogen) atoms. The van der Waals surface area contributed by atoms with Crippen molar-refractivity contribution in [3.8, 4) is 5.75 Å². The van der Waals surface area contributed by atoms with E-state index in [1.54, 1.807) is 13.2 Å². The molecule has 0 aliphatic rings. The van der Waals surface area contributed by atoms with Gasteiger partial charge in [-0.3, -0.25) is 4.79 Å². The molecule has 2 aromatic carbocycles. The lowest BCUT2D eigenvalue weighted by atomic mass is 10.1. The Bertz CT molecular complexity index is 658. The van der Waals surface area contributed by atoms with E-state index in [-0.39, 0.29) is 11.9 Å². The van der Waals surface area contributed by atoms with Gasteiger partial charge in [-0.25, -0.2) is 0 Å². The van der Waals surface area contributed by atoms with Crippen molar-refractivity contribution in [2.75, 3.05) is 7.11 Å². The molecule has 3 nitrogen and oxygen atoms in total. The van der Waals surface area contributed by atoms with E-state index in [1.165, 1.54) is 0 Å². The second-order valence-corrected chi connectivity index (χ2v) is 6.33. The Hall–Kier alpha value is -1.33. The van der Waals surface area contributed by atoms with Crippen molar-refractivity contribution in [1.29, 1.82) is 0 Å². The van der Waals surface area contributed by atoms with Gasteiger partial charge in [0.1, 0.15) is 5.75 Å². The summed E-state index contributed by atoms with van der Waals surface area (Å²) in [5.74, 6) is 0.625. The minimum absolute atomic E-state index is 0.137. The fourth-order valence-corrected chi connectivity index (χ4v) is 2.84. The molecule has 1 atom stereocenters. The topological polar surface area (TPSA) is 38.3 Å². The molecule has 0 aromatic heterocycles. The van der Waals surface area contributed by atoms with E-state index in [2.05, 4.69) is 37.2 Å². The highest BCUT2D eigenvalue weighted by Gasteiger charge is 2.16.